The topological polar surface area (TPSA) is 51.7 Å². The zero-order valence-electron chi connectivity index (χ0n) is 20.5. The summed E-state index contributed by atoms with van der Waals surface area (Å²) in [5.74, 6) is 0.574. The van der Waals surface area contributed by atoms with E-state index in [1.807, 2.05) is 63.4 Å². The first kappa shape index (κ1) is 25.9. The van der Waals surface area contributed by atoms with E-state index in [0.717, 1.165) is 21.3 Å². The molecule has 6 heteroatoms. The van der Waals surface area contributed by atoms with Crippen LogP contribution in [0.15, 0.2) is 77.5 Å². The van der Waals surface area contributed by atoms with E-state index in [2.05, 4.69) is 57.0 Å². The van der Waals surface area contributed by atoms with Gasteiger partial charge in [0.1, 0.15) is 11.4 Å². The SMILES string of the molecule is COc1ccc(C(C)N(Cc2ccccc2)C(CC(=O)OC(C)(C)C)c2cncc(Br)c2)cc1. The van der Waals surface area contributed by atoms with Gasteiger partial charge in [0, 0.05) is 35.5 Å². The van der Waals surface area contributed by atoms with Gasteiger partial charge in [0.15, 0.2) is 0 Å². The Morgan fingerprint density at radius 1 is 1.03 bits per heavy atom. The molecule has 0 saturated heterocycles. The summed E-state index contributed by atoms with van der Waals surface area (Å²) in [6, 6.07) is 20.2. The molecule has 5 nitrogen and oxygen atoms in total. The summed E-state index contributed by atoms with van der Waals surface area (Å²) in [7, 11) is 1.66. The molecule has 0 amide bonds. The summed E-state index contributed by atoms with van der Waals surface area (Å²) in [5.41, 5.74) is 2.70. The van der Waals surface area contributed by atoms with Gasteiger partial charge in [-0.2, -0.15) is 0 Å². The number of hydrogen-bond donors (Lipinski definition) is 0. The zero-order valence-corrected chi connectivity index (χ0v) is 22.1. The molecule has 180 valence electrons. The molecular formula is C28H33BrN2O3. The molecule has 1 heterocycles. The molecule has 0 bridgehead atoms. The Balaban J connectivity index is 2.04. The van der Waals surface area contributed by atoms with Gasteiger partial charge in [-0.05, 0) is 78.5 Å². The standard InChI is InChI=1S/C28H33BrN2O3/c1-20(22-11-13-25(33-5)14-12-22)31(19-21-9-7-6-8-10-21)26(16-27(32)34-28(2,3)4)23-15-24(29)18-30-17-23/h6-15,17-18,20,26H,16,19H2,1-5H3. The van der Waals surface area contributed by atoms with Gasteiger partial charge in [0.25, 0.3) is 0 Å². The van der Waals surface area contributed by atoms with E-state index in [9.17, 15) is 4.79 Å². The van der Waals surface area contributed by atoms with E-state index in [-0.39, 0.29) is 24.5 Å². The highest BCUT2D eigenvalue weighted by Crippen LogP contribution is 2.36. The van der Waals surface area contributed by atoms with Crippen molar-refractivity contribution in [3.8, 4) is 5.75 Å². The van der Waals surface area contributed by atoms with Crippen LogP contribution in [0.5, 0.6) is 5.75 Å². The third kappa shape index (κ3) is 7.40. The van der Waals surface area contributed by atoms with Gasteiger partial charge >= 0.3 is 5.97 Å². The minimum Gasteiger partial charge on any atom is -0.497 e. The Bertz CT molecular complexity index is 1070. The lowest BCUT2D eigenvalue weighted by Crippen LogP contribution is -2.34. The van der Waals surface area contributed by atoms with Crippen molar-refractivity contribution in [2.45, 2.75) is 58.3 Å². The van der Waals surface area contributed by atoms with Crippen LogP contribution in [0.3, 0.4) is 0 Å². The second kappa shape index (κ2) is 11.6. The third-order valence-electron chi connectivity index (χ3n) is 5.59. The van der Waals surface area contributed by atoms with Crippen LogP contribution in [0, 0.1) is 0 Å². The van der Waals surface area contributed by atoms with Crippen LogP contribution in [0.1, 0.15) is 62.9 Å². The number of pyridine rings is 1. The molecule has 0 aliphatic carbocycles. The predicted octanol–water partition coefficient (Wildman–Crippen LogP) is 6.89. The van der Waals surface area contributed by atoms with E-state index in [1.165, 1.54) is 5.56 Å². The minimum absolute atomic E-state index is 0.0116. The van der Waals surface area contributed by atoms with Crippen molar-refractivity contribution in [1.29, 1.82) is 0 Å². The molecule has 0 aliphatic rings. The van der Waals surface area contributed by atoms with Crippen LogP contribution in [0.4, 0.5) is 0 Å². The van der Waals surface area contributed by atoms with E-state index >= 15 is 0 Å². The Morgan fingerprint density at radius 3 is 2.29 bits per heavy atom. The summed E-state index contributed by atoms with van der Waals surface area (Å²) in [5, 5.41) is 0. The lowest BCUT2D eigenvalue weighted by atomic mass is 9.97. The number of hydrogen-bond acceptors (Lipinski definition) is 5. The van der Waals surface area contributed by atoms with Crippen LogP contribution in [0.2, 0.25) is 0 Å². The maximum atomic E-state index is 13.0. The van der Waals surface area contributed by atoms with E-state index in [1.54, 1.807) is 13.3 Å². The molecule has 2 atom stereocenters. The van der Waals surface area contributed by atoms with Crippen molar-refractivity contribution in [2.75, 3.05) is 7.11 Å². The van der Waals surface area contributed by atoms with Gasteiger partial charge in [-0.3, -0.25) is 14.7 Å². The molecule has 34 heavy (non-hydrogen) atoms. The highest BCUT2D eigenvalue weighted by atomic mass is 79.9. The molecule has 0 spiro atoms. The lowest BCUT2D eigenvalue weighted by Gasteiger charge is -2.37. The Hall–Kier alpha value is -2.70. The molecule has 1 aromatic heterocycles. The smallest absolute Gasteiger partial charge is 0.308 e. The number of nitrogens with zero attached hydrogens (tertiary/aromatic N) is 2. The molecule has 2 aromatic carbocycles. The van der Waals surface area contributed by atoms with Crippen LogP contribution in [-0.4, -0.2) is 28.6 Å². The molecule has 0 aliphatic heterocycles. The first-order valence-corrected chi connectivity index (χ1v) is 12.2. The van der Waals surface area contributed by atoms with E-state index in [4.69, 9.17) is 9.47 Å². The second-order valence-electron chi connectivity index (χ2n) is 9.35. The number of benzene rings is 2. The van der Waals surface area contributed by atoms with Gasteiger partial charge in [0.05, 0.1) is 13.5 Å². The van der Waals surface area contributed by atoms with E-state index in [0.29, 0.717) is 6.54 Å². The van der Waals surface area contributed by atoms with Crippen LogP contribution >= 0.6 is 15.9 Å². The maximum absolute atomic E-state index is 13.0. The molecular weight excluding hydrogens is 492 g/mol. The van der Waals surface area contributed by atoms with Gasteiger partial charge < -0.3 is 9.47 Å². The molecule has 3 aromatic rings. The van der Waals surface area contributed by atoms with Crippen molar-refractivity contribution < 1.29 is 14.3 Å². The van der Waals surface area contributed by atoms with Crippen molar-refractivity contribution >= 4 is 21.9 Å². The monoisotopic (exact) mass is 524 g/mol. The number of rotatable bonds is 9. The summed E-state index contributed by atoms with van der Waals surface area (Å²) in [6.45, 7) is 8.50. The summed E-state index contributed by atoms with van der Waals surface area (Å²) in [6.07, 6.45) is 3.80. The maximum Gasteiger partial charge on any atom is 0.308 e. The molecule has 0 N–H and O–H groups in total. The van der Waals surface area contributed by atoms with Gasteiger partial charge in [-0.1, -0.05) is 42.5 Å². The minimum atomic E-state index is -0.553. The van der Waals surface area contributed by atoms with Gasteiger partial charge in [-0.25, -0.2) is 0 Å². The quantitative estimate of drug-likeness (QED) is 0.285. The number of esters is 1. The Labute approximate surface area is 211 Å². The Kier molecular flexibility index (Phi) is 8.86. The van der Waals surface area contributed by atoms with Crippen LogP contribution < -0.4 is 4.74 Å². The Morgan fingerprint density at radius 2 is 1.71 bits per heavy atom. The average molecular weight is 525 g/mol. The highest BCUT2D eigenvalue weighted by molar-refractivity contribution is 9.10. The molecule has 3 rings (SSSR count). The molecule has 0 radical (unpaired) electrons. The zero-order chi connectivity index (χ0) is 24.7. The first-order valence-electron chi connectivity index (χ1n) is 11.4. The lowest BCUT2D eigenvalue weighted by molar-refractivity contribution is -0.156. The summed E-state index contributed by atoms with van der Waals surface area (Å²) >= 11 is 3.55. The third-order valence-corrected chi connectivity index (χ3v) is 6.03. The average Bonchev–Trinajstić information content (AvgIpc) is 2.80. The van der Waals surface area contributed by atoms with E-state index < -0.39 is 5.60 Å². The number of aromatic nitrogens is 1. The van der Waals surface area contributed by atoms with Crippen molar-refractivity contribution in [1.82, 2.24) is 9.88 Å². The van der Waals surface area contributed by atoms with Gasteiger partial charge in [-0.15, -0.1) is 0 Å². The molecule has 0 fully saturated rings. The van der Waals surface area contributed by atoms with Crippen LogP contribution in [-0.2, 0) is 16.1 Å². The van der Waals surface area contributed by atoms with Crippen molar-refractivity contribution in [2.24, 2.45) is 0 Å². The number of methoxy groups -OCH3 is 1. The van der Waals surface area contributed by atoms with Crippen molar-refractivity contribution in [3.63, 3.8) is 0 Å². The fraction of sp³-hybridized carbons (Fsp3) is 0.357. The summed E-state index contributed by atoms with van der Waals surface area (Å²) < 4.78 is 11.9. The van der Waals surface area contributed by atoms with Crippen LogP contribution in [0.25, 0.3) is 0 Å². The second-order valence-corrected chi connectivity index (χ2v) is 10.3. The largest absolute Gasteiger partial charge is 0.497 e. The molecule has 0 saturated carbocycles. The highest BCUT2D eigenvalue weighted by Gasteiger charge is 2.30. The number of halogens is 1. The molecule has 2 unspecified atom stereocenters. The normalized spacial score (nSPS) is 13.4. The summed E-state index contributed by atoms with van der Waals surface area (Å²) in [4.78, 5) is 19.8. The first-order chi connectivity index (χ1) is 16.2. The van der Waals surface area contributed by atoms with Crippen molar-refractivity contribution in [3.05, 3.63) is 94.2 Å². The number of ether oxygens (including phenoxy) is 2. The predicted molar refractivity (Wildman–Crippen MR) is 139 cm³/mol. The fourth-order valence-electron chi connectivity index (χ4n) is 3.96. The van der Waals surface area contributed by atoms with Gasteiger partial charge in [0.2, 0.25) is 0 Å². The fourth-order valence-corrected chi connectivity index (χ4v) is 4.35. The number of carbonyl (C=O) groups is 1. The number of carbonyl (C=O) groups excluding carboxylic acids is 1.